The Morgan fingerprint density at radius 3 is 2.55 bits per heavy atom. The van der Waals surface area contributed by atoms with E-state index in [0.29, 0.717) is 5.56 Å². The summed E-state index contributed by atoms with van der Waals surface area (Å²) in [6.07, 6.45) is 0. The second kappa shape index (κ2) is 6.70. The van der Waals surface area contributed by atoms with Crippen molar-refractivity contribution in [2.24, 2.45) is 0 Å². The van der Waals surface area contributed by atoms with Gasteiger partial charge in [0.15, 0.2) is 0 Å². The van der Waals surface area contributed by atoms with E-state index in [4.69, 9.17) is 11.6 Å². The van der Waals surface area contributed by atoms with Gasteiger partial charge in [0.1, 0.15) is 11.6 Å². The van der Waals surface area contributed by atoms with Gasteiger partial charge in [0.2, 0.25) is 0 Å². The molecule has 22 heavy (non-hydrogen) atoms. The molecule has 116 valence electrons. The molecule has 2 aromatic rings. The molecule has 0 fully saturated rings. The number of alkyl halides is 2. The molecule has 2 aromatic carbocycles. The monoisotopic (exact) mass is 329 g/mol. The zero-order valence-electron chi connectivity index (χ0n) is 11.4. The van der Waals surface area contributed by atoms with Gasteiger partial charge in [-0.3, -0.25) is 4.79 Å². The number of carbonyl (C=O) groups excluding carboxylic acids is 1. The quantitative estimate of drug-likeness (QED) is 0.887. The molecule has 7 heteroatoms. The first-order chi connectivity index (χ1) is 10.4. The Balaban J connectivity index is 2.14. The Morgan fingerprint density at radius 1 is 1.23 bits per heavy atom. The van der Waals surface area contributed by atoms with E-state index in [1.54, 1.807) is 6.92 Å². The van der Waals surface area contributed by atoms with E-state index in [2.05, 4.69) is 10.1 Å². The number of anilines is 1. The summed E-state index contributed by atoms with van der Waals surface area (Å²) in [5.74, 6) is -1.24. The van der Waals surface area contributed by atoms with Crippen molar-refractivity contribution >= 4 is 23.2 Å². The van der Waals surface area contributed by atoms with Crippen molar-refractivity contribution in [1.29, 1.82) is 0 Å². The number of hydrogen-bond donors (Lipinski definition) is 1. The van der Waals surface area contributed by atoms with Crippen molar-refractivity contribution in [3.05, 3.63) is 58.4 Å². The van der Waals surface area contributed by atoms with Crippen LogP contribution in [-0.4, -0.2) is 12.5 Å². The third kappa shape index (κ3) is 3.92. The summed E-state index contributed by atoms with van der Waals surface area (Å²) in [6, 6.07) is 7.90. The number of hydrogen-bond acceptors (Lipinski definition) is 2. The summed E-state index contributed by atoms with van der Waals surface area (Å²) in [4.78, 5) is 12.0. The van der Waals surface area contributed by atoms with Crippen LogP contribution in [0.25, 0.3) is 0 Å². The molecule has 3 nitrogen and oxygen atoms in total. The standard InChI is InChI=1S/C15H11ClF3NO2/c1-8-2-3-9(6-12(8)17)14(21)20-10-4-5-13(11(16)7-10)22-15(18)19/h2-7,15H,1H3,(H,20,21). The molecular formula is C15H11ClF3NO2. The maximum absolute atomic E-state index is 13.4. The number of rotatable bonds is 4. The van der Waals surface area contributed by atoms with Crippen LogP contribution >= 0.6 is 11.6 Å². The van der Waals surface area contributed by atoms with Crippen LogP contribution in [0.1, 0.15) is 15.9 Å². The highest BCUT2D eigenvalue weighted by atomic mass is 35.5. The predicted octanol–water partition coefficient (Wildman–Crippen LogP) is 4.64. The summed E-state index contributed by atoms with van der Waals surface area (Å²) in [7, 11) is 0. The molecule has 0 atom stereocenters. The van der Waals surface area contributed by atoms with Crippen LogP contribution in [0.2, 0.25) is 5.02 Å². The van der Waals surface area contributed by atoms with E-state index in [0.717, 1.165) is 6.07 Å². The van der Waals surface area contributed by atoms with Crippen LogP contribution in [0.3, 0.4) is 0 Å². The molecular weight excluding hydrogens is 319 g/mol. The summed E-state index contributed by atoms with van der Waals surface area (Å²) >= 11 is 5.78. The van der Waals surface area contributed by atoms with E-state index >= 15 is 0 Å². The predicted molar refractivity (Wildman–Crippen MR) is 77.2 cm³/mol. The highest BCUT2D eigenvalue weighted by Crippen LogP contribution is 2.29. The summed E-state index contributed by atoms with van der Waals surface area (Å²) in [6.45, 7) is -1.41. The minimum atomic E-state index is -2.99. The molecule has 0 heterocycles. The van der Waals surface area contributed by atoms with Gasteiger partial charge in [0.25, 0.3) is 5.91 Å². The summed E-state index contributed by atoms with van der Waals surface area (Å²) < 4.78 is 41.9. The van der Waals surface area contributed by atoms with Crippen LogP contribution in [0.15, 0.2) is 36.4 Å². The average molecular weight is 330 g/mol. The first-order valence-electron chi connectivity index (χ1n) is 6.18. The number of aryl methyl sites for hydroxylation is 1. The molecule has 1 amide bonds. The maximum atomic E-state index is 13.4. The van der Waals surface area contributed by atoms with Crippen LogP contribution < -0.4 is 10.1 Å². The zero-order chi connectivity index (χ0) is 16.3. The third-order valence-electron chi connectivity index (χ3n) is 2.84. The average Bonchev–Trinajstić information content (AvgIpc) is 2.44. The minimum Gasteiger partial charge on any atom is -0.433 e. The van der Waals surface area contributed by atoms with Gasteiger partial charge >= 0.3 is 6.61 Å². The third-order valence-corrected chi connectivity index (χ3v) is 3.14. The van der Waals surface area contributed by atoms with Crippen molar-refractivity contribution in [1.82, 2.24) is 0 Å². The Hall–Kier alpha value is -2.21. The van der Waals surface area contributed by atoms with Crippen molar-refractivity contribution in [3.63, 3.8) is 0 Å². The number of amides is 1. The maximum Gasteiger partial charge on any atom is 0.387 e. The van der Waals surface area contributed by atoms with Gasteiger partial charge in [-0.25, -0.2) is 4.39 Å². The molecule has 0 saturated carbocycles. The highest BCUT2D eigenvalue weighted by molar-refractivity contribution is 6.32. The Labute approximate surface area is 129 Å². The van der Waals surface area contributed by atoms with Crippen molar-refractivity contribution in [2.75, 3.05) is 5.32 Å². The lowest BCUT2D eigenvalue weighted by molar-refractivity contribution is -0.0497. The van der Waals surface area contributed by atoms with Gasteiger partial charge in [-0.2, -0.15) is 8.78 Å². The number of nitrogens with one attached hydrogen (secondary N) is 1. The van der Waals surface area contributed by atoms with E-state index in [9.17, 15) is 18.0 Å². The Bertz CT molecular complexity index is 707. The second-order valence-electron chi connectivity index (χ2n) is 4.44. The van der Waals surface area contributed by atoms with E-state index in [1.807, 2.05) is 0 Å². The van der Waals surface area contributed by atoms with E-state index in [-0.39, 0.29) is 22.0 Å². The fourth-order valence-electron chi connectivity index (χ4n) is 1.71. The molecule has 0 radical (unpaired) electrons. The van der Waals surface area contributed by atoms with Crippen molar-refractivity contribution in [3.8, 4) is 5.75 Å². The second-order valence-corrected chi connectivity index (χ2v) is 4.85. The zero-order valence-corrected chi connectivity index (χ0v) is 12.1. The molecule has 0 aliphatic carbocycles. The lowest BCUT2D eigenvalue weighted by Crippen LogP contribution is -2.12. The van der Waals surface area contributed by atoms with Gasteiger partial charge in [-0.15, -0.1) is 0 Å². The molecule has 0 aromatic heterocycles. The lowest BCUT2D eigenvalue weighted by atomic mass is 10.1. The first-order valence-corrected chi connectivity index (χ1v) is 6.56. The Morgan fingerprint density at radius 2 is 1.95 bits per heavy atom. The van der Waals surface area contributed by atoms with Gasteiger partial charge in [0.05, 0.1) is 5.02 Å². The van der Waals surface area contributed by atoms with Gasteiger partial charge in [0, 0.05) is 11.3 Å². The molecule has 0 aliphatic heterocycles. The molecule has 0 aliphatic rings. The lowest BCUT2D eigenvalue weighted by Gasteiger charge is -2.10. The summed E-state index contributed by atoms with van der Waals surface area (Å²) in [5.41, 5.74) is 0.831. The number of halogens is 4. The molecule has 2 rings (SSSR count). The minimum absolute atomic E-state index is 0.0758. The Kier molecular flexibility index (Phi) is 4.92. The normalized spacial score (nSPS) is 10.6. The van der Waals surface area contributed by atoms with E-state index in [1.165, 1.54) is 30.3 Å². The van der Waals surface area contributed by atoms with Crippen LogP contribution in [0.4, 0.5) is 18.9 Å². The number of carbonyl (C=O) groups is 1. The van der Waals surface area contributed by atoms with Gasteiger partial charge in [-0.05, 0) is 42.8 Å². The topological polar surface area (TPSA) is 38.3 Å². The molecule has 1 N–H and O–H groups in total. The fraction of sp³-hybridized carbons (Fsp3) is 0.133. The van der Waals surface area contributed by atoms with Crippen LogP contribution in [-0.2, 0) is 0 Å². The molecule has 0 bridgehead atoms. The first kappa shape index (κ1) is 16.2. The van der Waals surface area contributed by atoms with Gasteiger partial charge < -0.3 is 10.1 Å². The fourth-order valence-corrected chi connectivity index (χ4v) is 1.93. The number of ether oxygens (including phenoxy) is 1. The molecule has 0 unspecified atom stereocenters. The number of benzene rings is 2. The highest BCUT2D eigenvalue weighted by Gasteiger charge is 2.12. The van der Waals surface area contributed by atoms with E-state index < -0.39 is 18.3 Å². The van der Waals surface area contributed by atoms with Crippen LogP contribution in [0, 0.1) is 12.7 Å². The smallest absolute Gasteiger partial charge is 0.387 e. The largest absolute Gasteiger partial charge is 0.433 e. The van der Waals surface area contributed by atoms with Crippen LogP contribution in [0.5, 0.6) is 5.75 Å². The summed E-state index contributed by atoms with van der Waals surface area (Å²) in [5, 5.41) is 2.42. The SMILES string of the molecule is Cc1ccc(C(=O)Nc2ccc(OC(F)F)c(Cl)c2)cc1F. The molecule has 0 saturated heterocycles. The molecule has 0 spiro atoms. The van der Waals surface area contributed by atoms with Gasteiger partial charge in [-0.1, -0.05) is 17.7 Å². The van der Waals surface area contributed by atoms with Crippen molar-refractivity contribution in [2.45, 2.75) is 13.5 Å². The van der Waals surface area contributed by atoms with Crippen molar-refractivity contribution < 1.29 is 22.7 Å².